The van der Waals surface area contributed by atoms with E-state index in [0.717, 1.165) is 12.5 Å². The van der Waals surface area contributed by atoms with Crippen LogP contribution < -0.4 is 5.32 Å². The van der Waals surface area contributed by atoms with E-state index in [-0.39, 0.29) is 0 Å². The number of rotatable bonds is 7. The summed E-state index contributed by atoms with van der Waals surface area (Å²) in [5.74, 6) is 0.728. The van der Waals surface area contributed by atoms with Crippen LogP contribution in [0.2, 0.25) is 0 Å². The van der Waals surface area contributed by atoms with Gasteiger partial charge in [-0.2, -0.15) is 0 Å². The molecule has 0 spiro atoms. The monoisotopic (exact) mass is 231 g/mol. The Kier molecular flexibility index (Phi) is 7.46. The Morgan fingerprint density at radius 1 is 1.13 bits per heavy atom. The van der Waals surface area contributed by atoms with E-state index in [9.17, 15) is 0 Å². The lowest BCUT2D eigenvalue weighted by molar-refractivity contribution is 0.348. The molecule has 2 unspecified atom stereocenters. The summed E-state index contributed by atoms with van der Waals surface area (Å²) in [6, 6.07) is 0. The summed E-state index contributed by atoms with van der Waals surface area (Å²) in [7, 11) is 0. The molecule has 1 saturated carbocycles. The molecule has 0 radical (unpaired) electrons. The highest BCUT2D eigenvalue weighted by Crippen LogP contribution is 2.27. The fourth-order valence-electron chi connectivity index (χ4n) is 2.36. The van der Waals surface area contributed by atoms with Crippen molar-refractivity contribution >= 4 is 11.6 Å². The van der Waals surface area contributed by atoms with Crippen molar-refractivity contribution in [1.29, 1.82) is 0 Å². The summed E-state index contributed by atoms with van der Waals surface area (Å²) in [5.41, 5.74) is 0. The molecule has 2 heteroatoms. The third-order valence-electron chi connectivity index (χ3n) is 3.43. The first-order chi connectivity index (χ1) is 7.34. The minimum atomic E-state index is 0.432. The molecule has 2 atom stereocenters. The molecule has 1 N–H and O–H groups in total. The molecule has 0 aromatic carbocycles. The lowest BCUT2D eigenvalue weighted by Gasteiger charge is -2.27. The quantitative estimate of drug-likeness (QED) is 0.517. The summed E-state index contributed by atoms with van der Waals surface area (Å²) in [6.45, 7) is 4.58. The molecule has 0 aromatic rings. The summed E-state index contributed by atoms with van der Waals surface area (Å²) in [5, 5.41) is 3.99. The minimum absolute atomic E-state index is 0.432. The zero-order chi connectivity index (χ0) is 10.9. The second kappa shape index (κ2) is 8.41. The van der Waals surface area contributed by atoms with Gasteiger partial charge >= 0.3 is 0 Å². The molecule has 0 amide bonds. The Bertz CT molecular complexity index is 149. The topological polar surface area (TPSA) is 12.0 Å². The third-order valence-corrected chi connectivity index (χ3v) is 4.00. The molecule has 0 saturated heterocycles. The van der Waals surface area contributed by atoms with Crippen molar-refractivity contribution in [3.63, 3.8) is 0 Å². The Balaban J connectivity index is 1.94. The minimum Gasteiger partial charge on any atom is -0.316 e. The third kappa shape index (κ3) is 5.77. The van der Waals surface area contributed by atoms with Crippen LogP contribution in [0, 0.1) is 5.92 Å². The fraction of sp³-hybridized carbons (Fsp3) is 1.00. The molecule has 0 aromatic heterocycles. The van der Waals surface area contributed by atoms with E-state index in [1.165, 1.54) is 57.9 Å². The van der Waals surface area contributed by atoms with Crippen LogP contribution in [-0.2, 0) is 0 Å². The van der Waals surface area contributed by atoms with Crippen molar-refractivity contribution in [1.82, 2.24) is 5.32 Å². The summed E-state index contributed by atoms with van der Waals surface area (Å²) in [4.78, 5) is 0. The van der Waals surface area contributed by atoms with Gasteiger partial charge in [0.1, 0.15) is 0 Å². The maximum atomic E-state index is 6.31. The van der Waals surface area contributed by atoms with Gasteiger partial charge in [0, 0.05) is 5.38 Å². The van der Waals surface area contributed by atoms with Gasteiger partial charge in [-0.15, -0.1) is 11.6 Å². The standard InChI is InChI=1S/C13H26ClN/c1-2-3-4-7-10-15-11-12-8-5-6-9-13(12)14/h12-13,15H,2-11H2,1H3. The molecule has 1 nitrogen and oxygen atoms in total. The van der Waals surface area contributed by atoms with Crippen LogP contribution in [-0.4, -0.2) is 18.5 Å². The van der Waals surface area contributed by atoms with Crippen LogP contribution in [0.4, 0.5) is 0 Å². The van der Waals surface area contributed by atoms with E-state index in [4.69, 9.17) is 11.6 Å². The van der Waals surface area contributed by atoms with Crippen LogP contribution in [0.1, 0.15) is 58.3 Å². The zero-order valence-corrected chi connectivity index (χ0v) is 10.9. The molecular formula is C13H26ClN. The van der Waals surface area contributed by atoms with Gasteiger partial charge in [-0.05, 0) is 38.3 Å². The largest absolute Gasteiger partial charge is 0.316 e. The highest BCUT2D eigenvalue weighted by atomic mass is 35.5. The van der Waals surface area contributed by atoms with Crippen molar-refractivity contribution in [3.8, 4) is 0 Å². The van der Waals surface area contributed by atoms with E-state index >= 15 is 0 Å². The first-order valence-electron chi connectivity index (χ1n) is 6.69. The number of hydrogen-bond acceptors (Lipinski definition) is 1. The zero-order valence-electron chi connectivity index (χ0n) is 10.1. The fourth-order valence-corrected chi connectivity index (χ4v) is 2.73. The SMILES string of the molecule is CCCCCCNCC1CCCCC1Cl. The van der Waals surface area contributed by atoms with Gasteiger partial charge in [0.15, 0.2) is 0 Å². The Morgan fingerprint density at radius 2 is 1.93 bits per heavy atom. The molecule has 1 aliphatic carbocycles. The number of hydrogen-bond donors (Lipinski definition) is 1. The summed E-state index contributed by atoms with van der Waals surface area (Å²) >= 11 is 6.31. The molecule has 0 heterocycles. The van der Waals surface area contributed by atoms with Crippen molar-refractivity contribution in [2.24, 2.45) is 5.92 Å². The van der Waals surface area contributed by atoms with E-state index in [1.54, 1.807) is 0 Å². The maximum Gasteiger partial charge on any atom is 0.0376 e. The number of unbranched alkanes of at least 4 members (excludes halogenated alkanes) is 3. The maximum absolute atomic E-state index is 6.31. The second-order valence-corrected chi connectivity index (χ2v) is 5.39. The van der Waals surface area contributed by atoms with Crippen molar-refractivity contribution in [2.75, 3.05) is 13.1 Å². The van der Waals surface area contributed by atoms with E-state index in [2.05, 4.69) is 12.2 Å². The molecular weight excluding hydrogens is 206 g/mol. The molecule has 0 bridgehead atoms. The Morgan fingerprint density at radius 3 is 2.67 bits per heavy atom. The van der Waals surface area contributed by atoms with E-state index < -0.39 is 0 Å². The highest BCUT2D eigenvalue weighted by molar-refractivity contribution is 6.20. The summed E-state index contributed by atoms with van der Waals surface area (Å²) < 4.78 is 0. The van der Waals surface area contributed by atoms with Gasteiger partial charge < -0.3 is 5.32 Å². The van der Waals surface area contributed by atoms with Crippen molar-refractivity contribution < 1.29 is 0 Å². The second-order valence-electron chi connectivity index (χ2n) is 4.83. The molecule has 1 fully saturated rings. The predicted octanol–water partition coefficient (Wildman–Crippen LogP) is 3.95. The van der Waals surface area contributed by atoms with Crippen LogP contribution in [0.25, 0.3) is 0 Å². The smallest absolute Gasteiger partial charge is 0.0376 e. The predicted molar refractivity (Wildman–Crippen MR) is 68.6 cm³/mol. The lowest BCUT2D eigenvalue weighted by atomic mass is 9.89. The first-order valence-corrected chi connectivity index (χ1v) is 7.13. The normalized spacial score (nSPS) is 26.8. The number of alkyl halides is 1. The lowest BCUT2D eigenvalue weighted by Crippen LogP contribution is -2.31. The average Bonchev–Trinajstić information content (AvgIpc) is 2.25. The molecule has 90 valence electrons. The Labute approximate surface area is 100.0 Å². The highest BCUT2D eigenvalue weighted by Gasteiger charge is 2.22. The summed E-state index contributed by atoms with van der Waals surface area (Å²) in [6.07, 6.45) is 10.7. The molecule has 1 aliphatic rings. The van der Waals surface area contributed by atoms with Crippen molar-refractivity contribution in [3.05, 3.63) is 0 Å². The molecule has 0 aliphatic heterocycles. The van der Waals surface area contributed by atoms with Gasteiger partial charge in [0.05, 0.1) is 0 Å². The molecule has 15 heavy (non-hydrogen) atoms. The molecule has 1 rings (SSSR count). The van der Waals surface area contributed by atoms with Gasteiger partial charge in [0.2, 0.25) is 0 Å². The van der Waals surface area contributed by atoms with Gasteiger partial charge in [-0.25, -0.2) is 0 Å². The number of nitrogens with one attached hydrogen (secondary N) is 1. The van der Waals surface area contributed by atoms with Crippen LogP contribution in [0.3, 0.4) is 0 Å². The Hall–Kier alpha value is 0.250. The first kappa shape index (κ1) is 13.3. The van der Waals surface area contributed by atoms with Crippen LogP contribution in [0.5, 0.6) is 0 Å². The van der Waals surface area contributed by atoms with Gasteiger partial charge in [-0.1, -0.05) is 39.0 Å². The van der Waals surface area contributed by atoms with E-state index in [0.29, 0.717) is 5.38 Å². The van der Waals surface area contributed by atoms with Crippen LogP contribution in [0.15, 0.2) is 0 Å². The average molecular weight is 232 g/mol. The van der Waals surface area contributed by atoms with Gasteiger partial charge in [-0.3, -0.25) is 0 Å². The van der Waals surface area contributed by atoms with Crippen molar-refractivity contribution in [2.45, 2.75) is 63.7 Å². The van der Waals surface area contributed by atoms with Gasteiger partial charge in [0.25, 0.3) is 0 Å². The van der Waals surface area contributed by atoms with E-state index in [1.807, 2.05) is 0 Å². The number of halogens is 1. The van der Waals surface area contributed by atoms with Crippen LogP contribution >= 0.6 is 11.6 Å².